The highest BCUT2D eigenvalue weighted by Gasteiger charge is 2.31. The van der Waals surface area contributed by atoms with Gasteiger partial charge < -0.3 is 5.32 Å². The zero-order valence-corrected chi connectivity index (χ0v) is 12.9. The van der Waals surface area contributed by atoms with Crippen molar-refractivity contribution in [3.63, 3.8) is 0 Å². The maximum Gasteiger partial charge on any atom is 0.232 e. The van der Waals surface area contributed by atoms with Crippen LogP contribution in [0.25, 0.3) is 0 Å². The van der Waals surface area contributed by atoms with Gasteiger partial charge in [-0.15, -0.1) is 0 Å². The molecule has 3 rings (SSSR count). The van der Waals surface area contributed by atoms with E-state index in [0.29, 0.717) is 0 Å². The Morgan fingerprint density at radius 1 is 1.05 bits per heavy atom. The first-order valence-corrected chi connectivity index (χ1v) is 7.58. The number of carbonyl (C=O) groups is 1. The Bertz CT molecular complexity index is 685. The van der Waals surface area contributed by atoms with Crippen LogP contribution in [-0.2, 0) is 17.6 Å². The van der Waals surface area contributed by atoms with Crippen LogP contribution in [0.15, 0.2) is 36.4 Å². The summed E-state index contributed by atoms with van der Waals surface area (Å²) < 4.78 is 0. The first-order valence-electron chi connectivity index (χ1n) is 7.58. The third kappa shape index (κ3) is 2.58. The van der Waals surface area contributed by atoms with Gasteiger partial charge in [-0.3, -0.25) is 4.79 Å². The molecule has 0 fully saturated rings. The van der Waals surface area contributed by atoms with Gasteiger partial charge in [-0.25, -0.2) is 0 Å². The van der Waals surface area contributed by atoms with Crippen LogP contribution in [0.1, 0.15) is 40.7 Å². The van der Waals surface area contributed by atoms with Crippen LogP contribution in [0.5, 0.6) is 0 Å². The average molecular weight is 279 g/mol. The van der Waals surface area contributed by atoms with E-state index in [4.69, 9.17) is 0 Å². The Hall–Kier alpha value is -2.09. The predicted molar refractivity (Wildman–Crippen MR) is 86.8 cm³/mol. The van der Waals surface area contributed by atoms with Gasteiger partial charge in [0.1, 0.15) is 0 Å². The highest BCUT2D eigenvalue weighted by Crippen LogP contribution is 2.37. The number of benzene rings is 2. The second-order valence-electron chi connectivity index (χ2n) is 5.96. The molecule has 2 aromatic carbocycles. The SMILES string of the molecule is CCc1ccc(CC2C(=O)Nc3c(C)cc(C)cc32)cc1. The summed E-state index contributed by atoms with van der Waals surface area (Å²) in [6, 6.07) is 12.9. The zero-order valence-electron chi connectivity index (χ0n) is 12.9. The lowest BCUT2D eigenvalue weighted by molar-refractivity contribution is -0.117. The van der Waals surface area contributed by atoms with Crippen LogP contribution in [0.4, 0.5) is 5.69 Å². The third-order valence-electron chi connectivity index (χ3n) is 4.32. The summed E-state index contributed by atoms with van der Waals surface area (Å²) in [5.41, 5.74) is 7.09. The topological polar surface area (TPSA) is 29.1 Å². The molecule has 1 unspecified atom stereocenters. The van der Waals surface area contributed by atoms with E-state index in [1.165, 1.54) is 16.7 Å². The van der Waals surface area contributed by atoms with Crippen LogP contribution in [0, 0.1) is 13.8 Å². The molecular formula is C19H21NO. The highest BCUT2D eigenvalue weighted by atomic mass is 16.2. The molecule has 1 heterocycles. The first-order chi connectivity index (χ1) is 10.1. The summed E-state index contributed by atoms with van der Waals surface area (Å²) in [7, 11) is 0. The van der Waals surface area contributed by atoms with Crippen LogP contribution >= 0.6 is 0 Å². The van der Waals surface area contributed by atoms with E-state index in [1.807, 2.05) is 0 Å². The van der Waals surface area contributed by atoms with Gasteiger partial charge >= 0.3 is 0 Å². The van der Waals surface area contributed by atoms with E-state index >= 15 is 0 Å². The van der Waals surface area contributed by atoms with Crippen molar-refractivity contribution in [2.45, 2.75) is 39.5 Å². The number of amides is 1. The van der Waals surface area contributed by atoms with Gasteiger partial charge in [0, 0.05) is 5.69 Å². The van der Waals surface area contributed by atoms with Crippen LogP contribution in [-0.4, -0.2) is 5.91 Å². The van der Waals surface area contributed by atoms with Crippen LogP contribution in [0.2, 0.25) is 0 Å². The lowest BCUT2D eigenvalue weighted by Crippen LogP contribution is -2.14. The van der Waals surface area contributed by atoms with Crippen molar-refractivity contribution in [3.05, 3.63) is 64.2 Å². The molecular weight excluding hydrogens is 258 g/mol. The zero-order chi connectivity index (χ0) is 15.0. The number of fused-ring (bicyclic) bond motifs is 1. The molecule has 0 bridgehead atoms. The molecule has 0 aliphatic carbocycles. The maximum atomic E-state index is 12.3. The number of rotatable bonds is 3. The maximum absolute atomic E-state index is 12.3. The Labute approximate surface area is 126 Å². The van der Waals surface area contributed by atoms with E-state index in [1.54, 1.807) is 0 Å². The minimum atomic E-state index is -0.0638. The fourth-order valence-electron chi connectivity index (χ4n) is 3.15. The fraction of sp³-hybridized carbons (Fsp3) is 0.316. The second-order valence-corrected chi connectivity index (χ2v) is 5.96. The molecule has 0 aromatic heterocycles. The molecule has 0 saturated carbocycles. The third-order valence-corrected chi connectivity index (χ3v) is 4.32. The monoisotopic (exact) mass is 279 g/mol. The minimum absolute atomic E-state index is 0.0638. The van der Waals surface area contributed by atoms with Crippen molar-refractivity contribution in [3.8, 4) is 0 Å². The first kappa shape index (κ1) is 13.9. The molecule has 1 aliphatic heterocycles. The van der Waals surface area contributed by atoms with Gasteiger partial charge in [0.25, 0.3) is 0 Å². The molecule has 1 amide bonds. The lowest BCUT2D eigenvalue weighted by Gasteiger charge is -2.11. The average Bonchev–Trinajstić information content (AvgIpc) is 2.77. The summed E-state index contributed by atoms with van der Waals surface area (Å²) in [6.45, 7) is 6.30. The molecule has 1 aliphatic rings. The highest BCUT2D eigenvalue weighted by molar-refractivity contribution is 6.04. The molecule has 1 atom stereocenters. The number of nitrogens with one attached hydrogen (secondary N) is 1. The van der Waals surface area contributed by atoms with Crippen molar-refractivity contribution in [1.82, 2.24) is 0 Å². The van der Waals surface area contributed by atoms with Crippen LogP contribution in [0.3, 0.4) is 0 Å². The summed E-state index contributed by atoms with van der Waals surface area (Å²) >= 11 is 0. The molecule has 2 aromatic rings. The van der Waals surface area contributed by atoms with E-state index in [-0.39, 0.29) is 11.8 Å². The van der Waals surface area contributed by atoms with Gasteiger partial charge in [-0.2, -0.15) is 0 Å². The smallest absolute Gasteiger partial charge is 0.232 e. The normalized spacial score (nSPS) is 16.7. The molecule has 2 heteroatoms. The van der Waals surface area contributed by atoms with E-state index in [0.717, 1.165) is 29.7 Å². The largest absolute Gasteiger partial charge is 0.325 e. The Balaban J connectivity index is 1.91. The van der Waals surface area contributed by atoms with Crippen molar-refractivity contribution in [2.75, 3.05) is 5.32 Å². The molecule has 108 valence electrons. The Morgan fingerprint density at radius 3 is 2.38 bits per heavy atom. The molecule has 0 radical (unpaired) electrons. The Morgan fingerprint density at radius 2 is 1.71 bits per heavy atom. The van der Waals surface area contributed by atoms with E-state index in [9.17, 15) is 4.79 Å². The van der Waals surface area contributed by atoms with Gasteiger partial charge in [0.15, 0.2) is 0 Å². The predicted octanol–water partition coefficient (Wildman–Crippen LogP) is 4.14. The van der Waals surface area contributed by atoms with Gasteiger partial charge in [0.2, 0.25) is 5.91 Å². The summed E-state index contributed by atoms with van der Waals surface area (Å²) in [6.07, 6.45) is 1.82. The molecule has 1 N–H and O–H groups in total. The van der Waals surface area contributed by atoms with Crippen molar-refractivity contribution in [2.24, 2.45) is 0 Å². The minimum Gasteiger partial charge on any atom is -0.325 e. The van der Waals surface area contributed by atoms with E-state index in [2.05, 4.69) is 62.5 Å². The van der Waals surface area contributed by atoms with Gasteiger partial charge in [-0.1, -0.05) is 48.9 Å². The molecule has 2 nitrogen and oxygen atoms in total. The molecule has 0 spiro atoms. The van der Waals surface area contributed by atoms with E-state index < -0.39 is 0 Å². The van der Waals surface area contributed by atoms with Crippen molar-refractivity contribution < 1.29 is 4.79 Å². The summed E-state index contributed by atoms with van der Waals surface area (Å²) in [5, 5.41) is 3.05. The number of anilines is 1. The fourth-order valence-corrected chi connectivity index (χ4v) is 3.15. The lowest BCUT2D eigenvalue weighted by atomic mass is 9.91. The van der Waals surface area contributed by atoms with Gasteiger partial charge in [0.05, 0.1) is 5.92 Å². The quantitative estimate of drug-likeness (QED) is 0.898. The number of hydrogen-bond acceptors (Lipinski definition) is 1. The Kier molecular flexibility index (Phi) is 3.54. The molecule has 0 saturated heterocycles. The molecule has 21 heavy (non-hydrogen) atoms. The van der Waals surface area contributed by atoms with Crippen LogP contribution < -0.4 is 5.32 Å². The number of carbonyl (C=O) groups excluding carboxylic acids is 1. The van der Waals surface area contributed by atoms with Crippen molar-refractivity contribution in [1.29, 1.82) is 0 Å². The number of hydrogen-bond donors (Lipinski definition) is 1. The van der Waals surface area contributed by atoms with Gasteiger partial charge in [-0.05, 0) is 48.9 Å². The second kappa shape index (κ2) is 5.36. The summed E-state index contributed by atoms with van der Waals surface area (Å²) in [5.74, 6) is 0.0596. The number of aryl methyl sites for hydroxylation is 3. The summed E-state index contributed by atoms with van der Waals surface area (Å²) in [4.78, 5) is 12.3. The van der Waals surface area contributed by atoms with Crippen molar-refractivity contribution >= 4 is 11.6 Å². The standard InChI is InChI=1S/C19H21NO/c1-4-14-5-7-15(8-6-14)11-17-16-10-12(2)9-13(3)18(16)20-19(17)21/h5-10,17H,4,11H2,1-3H3,(H,20,21).